The minimum Gasteiger partial charge on any atom is -0.450 e. The lowest BCUT2D eigenvalue weighted by Gasteiger charge is -2.35. The summed E-state index contributed by atoms with van der Waals surface area (Å²) >= 11 is 0. The highest BCUT2D eigenvalue weighted by molar-refractivity contribution is 5.93. The van der Waals surface area contributed by atoms with E-state index in [1.54, 1.807) is 6.92 Å². The van der Waals surface area contributed by atoms with Gasteiger partial charge in [0.15, 0.2) is 5.96 Å². The lowest BCUT2D eigenvalue weighted by Crippen LogP contribution is -2.55. The molecule has 3 rings (SSSR count). The molecular weight excluding hydrogens is 562 g/mol. The number of rotatable bonds is 14. The van der Waals surface area contributed by atoms with Gasteiger partial charge in [-0.1, -0.05) is 91.0 Å². The molecular formula is C32H39N7O5. The number of carbonyl (C=O) groups excluding carboxylic acids is 4. The van der Waals surface area contributed by atoms with Crippen LogP contribution >= 0.6 is 0 Å². The van der Waals surface area contributed by atoms with Crippen LogP contribution in [-0.4, -0.2) is 60.7 Å². The van der Waals surface area contributed by atoms with Gasteiger partial charge in [-0.3, -0.25) is 14.6 Å². The Balaban J connectivity index is 2.02. The Labute approximate surface area is 256 Å². The first-order valence-corrected chi connectivity index (χ1v) is 14.2. The Hall–Kier alpha value is -5.39. The van der Waals surface area contributed by atoms with Crippen molar-refractivity contribution in [2.24, 2.45) is 28.1 Å². The fourth-order valence-electron chi connectivity index (χ4n) is 4.85. The van der Waals surface area contributed by atoms with E-state index in [1.807, 2.05) is 96.3 Å². The van der Waals surface area contributed by atoms with Crippen molar-refractivity contribution in [3.8, 4) is 0 Å². The number of nitrogens with one attached hydrogen (secondary N) is 2. The van der Waals surface area contributed by atoms with E-state index in [0.29, 0.717) is 17.5 Å². The zero-order chi connectivity index (χ0) is 31.9. The van der Waals surface area contributed by atoms with Crippen LogP contribution in [0.2, 0.25) is 0 Å². The van der Waals surface area contributed by atoms with Gasteiger partial charge in [-0.2, -0.15) is 0 Å². The van der Waals surface area contributed by atoms with Crippen molar-refractivity contribution >= 4 is 29.9 Å². The van der Waals surface area contributed by atoms with Gasteiger partial charge in [-0.05, 0) is 42.4 Å². The normalized spacial score (nSPS) is 12.0. The number of benzene rings is 3. The molecule has 44 heavy (non-hydrogen) atoms. The van der Waals surface area contributed by atoms with Crippen LogP contribution in [0.3, 0.4) is 0 Å². The number of amides is 5. The molecule has 0 aliphatic heterocycles. The summed E-state index contributed by atoms with van der Waals surface area (Å²) < 4.78 is 4.76. The first-order valence-electron chi connectivity index (χ1n) is 14.2. The third-order valence-electron chi connectivity index (χ3n) is 6.86. The average Bonchev–Trinajstić information content (AvgIpc) is 3.01. The van der Waals surface area contributed by atoms with E-state index < -0.39 is 42.6 Å². The Morgan fingerprint density at radius 1 is 0.841 bits per heavy atom. The van der Waals surface area contributed by atoms with Crippen molar-refractivity contribution in [3.63, 3.8) is 0 Å². The molecule has 0 heterocycles. The summed E-state index contributed by atoms with van der Waals surface area (Å²) in [5.74, 6) is -2.53. The highest BCUT2D eigenvalue weighted by Crippen LogP contribution is 2.29. The Bertz CT molecular complexity index is 1360. The van der Waals surface area contributed by atoms with Crippen LogP contribution in [0.4, 0.5) is 9.59 Å². The van der Waals surface area contributed by atoms with Gasteiger partial charge in [0, 0.05) is 6.54 Å². The number of alkyl carbamates (subject to hydrolysis) is 1. The summed E-state index contributed by atoms with van der Waals surface area (Å²) in [5.41, 5.74) is 19.5. The molecule has 0 saturated heterocycles. The summed E-state index contributed by atoms with van der Waals surface area (Å²) in [6, 6.07) is 25.6. The molecule has 3 aromatic rings. The molecule has 12 nitrogen and oxygen atoms in total. The number of urea groups is 1. The number of hydrogen-bond donors (Lipinski definition) is 5. The van der Waals surface area contributed by atoms with Crippen LogP contribution in [0, 0.1) is 5.92 Å². The lowest BCUT2D eigenvalue weighted by atomic mass is 9.88. The molecule has 2 atom stereocenters. The molecule has 0 radical (unpaired) electrons. The maximum atomic E-state index is 14.5. The smallest absolute Gasteiger partial charge is 0.415 e. The lowest BCUT2D eigenvalue weighted by molar-refractivity contribution is -0.140. The predicted octanol–water partition coefficient (Wildman–Crippen LogP) is 2.44. The van der Waals surface area contributed by atoms with Crippen molar-refractivity contribution in [1.82, 2.24) is 15.5 Å². The molecule has 5 amide bonds. The minimum atomic E-state index is -1.18. The number of nitrogens with two attached hydrogens (primary N) is 3. The number of aliphatic imine (C=N–C) groups is 1. The predicted molar refractivity (Wildman–Crippen MR) is 167 cm³/mol. The summed E-state index contributed by atoms with van der Waals surface area (Å²) in [7, 11) is 0. The number of nitrogens with zero attached hydrogens (tertiary/aromatic N) is 2. The molecule has 0 aliphatic rings. The Morgan fingerprint density at radius 3 is 1.89 bits per heavy atom. The fourth-order valence-corrected chi connectivity index (χ4v) is 4.85. The van der Waals surface area contributed by atoms with Gasteiger partial charge in [0.25, 0.3) is 0 Å². The summed E-state index contributed by atoms with van der Waals surface area (Å²) in [5, 5.41) is 4.53. The van der Waals surface area contributed by atoms with E-state index in [9.17, 15) is 19.2 Å². The third kappa shape index (κ3) is 10.2. The SMILES string of the molecule is CCOC(=O)NC(=O)NCN(C(=O)C(c1ccccc1)c1ccccc1)[C@H](CC(CN=C(N)N)Cc1ccccc1)C(N)=O. The number of carbonyl (C=O) groups is 4. The molecule has 1 unspecified atom stereocenters. The molecule has 0 fully saturated rings. The largest absolute Gasteiger partial charge is 0.450 e. The number of primary amides is 1. The van der Waals surface area contributed by atoms with E-state index in [-0.39, 0.29) is 31.4 Å². The van der Waals surface area contributed by atoms with Crippen LogP contribution in [-0.2, 0) is 20.7 Å². The number of ether oxygens (including phenoxy) is 1. The van der Waals surface area contributed by atoms with E-state index in [0.717, 1.165) is 5.56 Å². The molecule has 232 valence electrons. The van der Waals surface area contributed by atoms with Crippen LogP contribution in [0.15, 0.2) is 96.0 Å². The van der Waals surface area contributed by atoms with E-state index >= 15 is 0 Å². The third-order valence-corrected chi connectivity index (χ3v) is 6.86. The number of hydrogen-bond acceptors (Lipinski definition) is 6. The summed E-state index contributed by atoms with van der Waals surface area (Å²) in [6.07, 6.45) is -0.383. The second kappa shape index (κ2) is 16.9. The van der Waals surface area contributed by atoms with Crippen molar-refractivity contribution in [2.75, 3.05) is 19.8 Å². The monoisotopic (exact) mass is 601 g/mol. The number of guanidine groups is 1. The maximum absolute atomic E-state index is 14.5. The van der Waals surface area contributed by atoms with Gasteiger partial charge >= 0.3 is 12.1 Å². The van der Waals surface area contributed by atoms with Crippen LogP contribution < -0.4 is 27.8 Å². The first-order chi connectivity index (χ1) is 21.2. The molecule has 3 aromatic carbocycles. The van der Waals surface area contributed by atoms with Crippen molar-refractivity contribution < 1.29 is 23.9 Å². The molecule has 0 saturated carbocycles. The zero-order valence-corrected chi connectivity index (χ0v) is 24.6. The van der Waals surface area contributed by atoms with Gasteiger partial charge in [0.1, 0.15) is 6.04 Å². The first kappa shape index (κ1) is 33.1. The topological polar surface area (TPSA) is 195 Å². The summed E-state index contributed by atoms with van der Waals surface area (Å²) in [4.78, 5) is 57.4. The fraction of sp³-hybridized carbons (Fsp3) is 0.281. The Kier molecular flexibility index (Phi) is 12.7. The average molecular weight is 602 g/mol. The van der Waals surface area contributed by atoms with Gasteiger partial charge in [-0.25, -0.2) is 14.9 Å². The zero-order valence-electron chi connectivity index (χ0n) is 24.6. The van der Waals surface area contributed by atoms with E-state index in [1.165, 1.54) is 4.90 Å². The van der Waals surface area contributed by atoms with Crippen LogP contribution in [0.1, 0.15) is 36.0 Å². The molecule has 0 aromatic heterocycles. The van der Waals surface area contributed by atoms with E-state index in [4.69, 9.17) is 21.9 Å². The molecule has 8 N–H and O–H groups in total. The van der Waals surface area contributed by atoms with Gasteiger partial charge in [-0.15, -0.1) is 0 Å². The summed E-state index contributed by atoms with van der Waals surface area (Å²) in [6.45, 7) is 1.38. The highest BCUT2D eigenvalue weighted by Gasteiger charge is 2.36. The van der Waals surface area contributed by atoms with Gasteiger partial charge in [0.2, 0.25) is 11.8 Å². The second-order valence-corrected chi connectivity index (χ2v) is 10.0. The molecule has 0 aliphatic carbocycles. The standard InChI is InChI=1S/C32H39N7O5/c1-2-44-32(43)38-31(42)37-21-39(29(41)27(24-14-8-4-9-15-24)25-16-10-5-11-17-25)26(28(33)40)19-23(20-36-30(34)35)18-22-12-6-3-7-13-22/h3-17,23,26-27H,2,18-21H2,1H3,(H2,33,40)(H4,34,35,36)(H2,37,38,42,43)/t23?,26-/m1/s1. The van der Waals surface area contributed by atoms with Crippen molar-refractivity contribution in [3.05, 3.63) is 108 Å². The van der Waals surface area contributed by atoms with Gasteiger partial charge < -0.3 is 32.2 Å². The van der Waals surface area contributed by atoms with Crippen molar-refractivity contribution in [2.45, 2.75) is 31.7 Å². The molecule has 0 bridgehead atoms. The van der Waals surface area contributed by atoms with Crippen molar-refractivity contribution in [1.29, 1.82) is 0 Å². The Morgan fingerprint density at radius 2 is 1.39 bits per heavy atom. The van der Waals surface area contributed by atoms with E-state index in [2.05, 4.69) is 10.3 Å². The highest BCUT2D eigenvalue weighted by atomic mass is 16.5. The quantitative estimate of drug-likeness (QED) is 0.106. The number of imide groups is 1. The molecule has 12 heteroatoms. The van der Waals surface area contributed by atoms with Crippen LogP contribution in [0.5, 0.6) is 0 Å². The minimum absolute atomic E-state index is 0.0574. The maximum Gasteiger partial charge on any atom is 0.415 e. The second-order valence-electron chi connectivity index (χ2n) is 10.0. The molecule has 0 spiro atoms. The van der Waals surface area contributed by atoms with Crippen LogP contribution in [0.25, 0.3) is 0 Å². The van der Waals surface area contributed by atoms with Gasteiger partial charge in [0.05, 0.1) is 19.2 Å².